The lowest BCUT2D eigenvalue weighted by molar-refractivity contribution is 0.341. The Kier molecular flexibility index (Phi) is 5.19. The van der Waals surface area contributed by atoms with Gasteiger partial charge in [-0.1, -0.05) is 34.6 Å². The summed E-state index contributed by atoms with van der Waals surface area (Å²) in [6.07, 6.45) is 5.28. The Morgan fingerprint density at radius 2 is 2.06 bits per heavy atom. The monoisotopic (exact) mass is 237 g/mol. The molecule has 0 amide bonds. The van der Waals surface area contributed by atoms with Gasteiger partial charge in [-0.2, -0.15) is 5.10 Å². The average Bonchev–Trinajstić information content (AvgIpc) is 2.61. The van der Waals surface area contributed by atoms with Crippen LogP contribution in [-0.2, 0) is 13.1 Å². The smallest absolute Gasteiger partial charge is 0.0534 e. The van der Waals surface area contributed by atoms with Crippen LogP contribution in [0.15, 0.2) is 12.4 Å². The molecule has 0 aliphatic heterocycles. The maximum Gasteiger partial charge on any atom is 0.0534 e. The summed E-state index contributed by atoms with van der Waals surface area (Å²) in [6, 6.07) is 0. The normalized spacial score (nSPS) is 12.4. The molecule has 0 bridgehead atoms. The zero-order valence-corrected chi connectivity index (χ0v) is 12.0. The van der Waals surface area contributed by atoms with Gasteiger partial charge in [-0.15, -0.1) is 0 Å². The number of aryl methyl sites for hydroxylation is 1. The number of nitrogens with zero attached hydrogens (tertiary/aromatic N) is 2. The topological polar surface area (TPSA) is 29.9 Å². The molecule has 1 rings (SSSR count). The molecule has 0 saturated heterocycles. The van der Waals surface area contributed by atoms with E-state index < -0.39 is 0 Å². The van der Waals surface area contributed by atoms with E-state index in [0.29, 0.717) is 11.3 Å². The molecular weight excluding hydrogens is 210 g/mol. The number of nitrogens with one attached hydrogen (secondary N) is 1. The lowest BCUT2D eigenvalue weighted by Crippen LogP contribution is -2.18. The highest BCUT2D eigenvalue weighted by Gasteiger charge is 2.10. The second-order valence-corrected chi connectivity index (χ2v) is 6.45. The molecule has 0 aliphatic rings. The Balaban J connectivity index is 2.32. The first-order chi connectivity index (χ1) is 7.87. The first kappa shape index (κ1) is 14.2. The third-order valence-corrected chi connectivity index (χ3v) is 2.66. The molecule has 3 heteroatoms. The Hall–Kier alpha value is -0.830. The van der Waals surface area contributed by atoms with Gasteiger partial charge in [0.05, 0.1) is 6.20 Å². The van der Waals surface area contributed by atoms with Gasteiger partial charge in [-0.3, -0.25) is 4.68 Å². The van der Waals surface area contributed by atoms with Gasteiger partial charge in [0.2, 0.25) is 0 Å². The van der Waals surface area contributed by atoms with Crippen molar-refractivity contribution in [1.82, 2.24) is 15.1 Å². The first-order valence-corrected chi connectivity index (χ1v) is 6.59. The van der Waals surface area contributed by atoms with E-state index >= 15 is 0 Å². The molecule has 1 aromatic heterocycles. The average molecular weight is 237 g/mol. The molecule has 0 fully saturated rings. The van der Waals surface area contributed by atoms with E-state index in [1.54, 1.807) is 0 Å². The van der Waals surface area contributed by atoms with E-state index in [1.807, 2.05) is 6.20 Å². The van der Waals surface area contributed by atoms with E-state index in [0.717, 1.165) is 26.1 Å². The minimum absolute atomic E-state index is 0.377. The van der Waals surface area contributed by atoms with Crippen molar-refractivity contribution in [1.29, 1.82) is 0 Å². The molecule has 98 valence electrons. The lowest BCUT2D eigenvalue weighted by Gasteiger charge is -2.17. The van der Waals surface area contributed by atoms with Gasteiger partial charge in [-0.05, 0) is 24.3 Å². The Labute approximate surface area is 106 Å². The van der Waals surface area contributed by atoms with Gasteiger partial charge in [-0.25, -0.2) is 0 Å². The standard InChI is InChI=1S/C14H27N3/c1-12(2)8-15-9-13-10-16-17(11-13)7-6-14(3,4)5/h10-12,15H,6-9H2,1-5H3. The van der Waals surface area contributed by atoms with Gasteiger partial charge in [0, 0.05) is 24.8 Å². The molecule has 0 aromatic carbocycles. The predicted octanol–water partition coefficient (Wildman–Crippen LogP) is 3.06. The summed E-state index contributed by atoms with van der Waals surface area (Å²) in [4.78, 5) is 0. The molecule has 0 saturated carbocycles. The van der Waals surface area contributed by atoms with E-state index in [4.69, 9.17) is 0 Å². The fourth-order valence-corrected chi connectivity index (χ4v) is 1.58. The van der Waals surface area contributed by atoms with Crippen LogP contribution in [0.4, 0.5) is 0 Å². The highest BCUT2D eigenvalue weighted by molar-refractivity contribution is 5.03. The Morgan fingerprint density at radius 3 is 2.65 bits per heavy atom. The summed E-state index contributed by atoms with van der Waals surface area (Å²) in [7, 11) is 0. The van der Waals surface area contributed by atoms with Crippen molar-refractivity contribution in [3.63, 3.8) is 0 Å². The highest BCUT2D eigenvalue weighted by atomic mass is 15.3. The van der Waals surface area contributed by atoms with Crippen LogP contribution in [0.3, 0.4) is 0 Å². The van der Waals surface area contributed by atoms with Crippen molar-refractivity contribution in [2.75, 3.05) is 6.54 Å². The minimum Gasteiger partial charge on any atom is -0.312 e. The Bertz CT molecular complexity index is 320. The summed E-state index contributed by atoms with van der Waals surface area (Å²) in [5.74, 6) is 0.700. The highest BCUT2D eigenvalue weighted by Crippen LogP contribution is 2.19. The number of hydrogen-bond donors (Lipinski definition) is 1. The van der Waals surface area contributed by atoms with Crippen molar-refractivity contribution in [2.24, 2.45) is 11.3 Å². The van der Waals surface area contributed by atoms with Crippen molar-refractivity contribution in [3.8, 4) is 0 Å². The first-order valence-electron chi connectivity index (χ1n) is 6.59. The molecule has 0 spiro atoms. The zero-order valence-electron chi connectivity index (χ0n) is 12.0. The lowest BCUT2D eigenvalue weighted by atomic mass is 9.92. The summed E-state index contributed by atoms with van der Waals surface area (Å²) in [6.45, 7) is 14.2. The van der Waals surface area contributed by atoms with E-state index in [9.17, 15) is 0 Å². The fourth-order valence-electron chi connectivity index (χ4n) is 1.58. The Morgan fingerprint density at radius 1 is 1.35 bits per heavy atom. The van der Waals surface area contributed by atoms with Crippen molar-refractivity contribution >= 4 is 0 Å². The van der Waals surface area contributed by atoms with E-state index in [1.165, 1.54) is 5.56 Å². The molecule has 0 aliphatic carbocycles. The van der Waals surface area contributed by atoms with Crippen LogP contribution in [0, 0.1) is 11.3 Å². The van der Waals surface area contributed by atoms with Crippen molar-refractivity contribution in [3.05, 3.63) is 18.0 Å². The van der Waals surface area contributed by atoms with Crippen LogP contribution < -0.4 is 5.32 Å². The van der Waals surface area contributed by atoms with Crippen LogP contribution in [0.2, 0.25) is 0 Å². The van der Waals surface area contributed by atoms with E-state index in [2.05, 4.69) is 55.9 Å². The van der Waals surface area contributed by atoms with Crippen LogP contribution in [0.25, 0.3) is 0 Å². The molecule has 17 heavy (non-hydrogen) atoms. The molecule has 1 heterocycles. The maximum atomic E-state index is 4.39. The summed E-state index contributed by atoms with van der Waals surface area (Å²) < 4.78 is 2.05. The predicted molar refractivity (Wildman–Crippen MR) is 72.8 cm³/mol. The molecule has 1 N–H and O–H groups in total. The van der Waals surface area contributed by atoms with Gasteiger partial charge >= 0.3 is 0 Å². The summed E-state index contributed by atoms with van der Waals surface area (Å²) in [5, 5.41) is 7.83. The summed E-state index contributed by atoms with van der Waals surface area (Å²) >= 11 is 0. The van der Waals surface area contributed by atoms with E-state index in [-0.39, 0.29) is 0 Å². The quantitative estimate of drug-likeness (QED) is 0.824. The van der Waals surface area contributed by atoms with Crippen molar-refractivity contribution < 1.29 is 0 Å². The van der Waals surface area contributed by atoms with Gasteiger partial charge in [0.1, 0.15) is 0 Å². The van der Waals surface area contributed by atoms with Crippen LogP contribution >= 0.6 is 0 Å². The zero-order chi connectivity index (χ0) is 12.9. The SMILES string of the molecule is CC(C)CNCc1cnn(CCC(C)(C)C)c1. The second-order valence-electron chi connectivity index (χ2n) is 6.45. The number of aromatic nitrogens is 2. The molecule has 0 atom stereocenters. The van der Waals surface area contributed by atoms with Crippen LogP contribution in [0.5, 0.6) is 0 Å². The van der Waals surface area contributed by atoms with Crippen LogP contribution in [-0.4, -0.2) is 16.3 Å². The summed E-state index contributed by atoms with van der Waals surface area (Å²) in [5.41, 5.74) is 1.65. The van der Waals surface area contributed by atoms with Gasteiger partial charge in [0.25, 0.3) is 0 Å². The van der Waals surface area contributed by atoms with Gasteiger partial charge < -0.3 is 5.32 Å². The maximum absolute atomic E-state index is 4.39. The third kappa shape index (κ3) is 6.47. The van der Waals surface area contributed by atoms with Gasteiger partial charge in [0.15, 0.2) is 0 Å². The third-order valence-electron chi connectivity index (χ3n) is 2.66. The fraction of sp³-hybridized carbons (Fsp3) is 0.786. The molecule has 1 aromatic rings. The molecular formula is C14H27N3. The second kappa shape index (κ2) is 6.20. The number of hydrogen-bond acceptors (Lipinski definition) is 2. The molecule has 3 nitrogen and oxygen atoms in total. The largest absolute Gasteiger partial charge is 0.312 e. The van der Waals surface area contributed by atoms with Crippen LogP contribution in [0.1, 0.15) is 46.6 Å². The van der Waals surface area contributed by atoms with Crippen molar-refractivity contribution in [2.45, 2.75) is 54.1 Å². The minimum atomic E-state index is 0.377. The molecule has 0 radical (unpaired) electrons. The molecule has 0 unspecified atom stereocenters. The number of rotatable bonds is 6.